The van der Waals surface area contributed by atoms with Crippen molar-refractivity contribution in [1.29, 1.82) is 0 Å². The second-order valence-corrected chi connectivity index (χ2v) is 5.66. The Bertz CT molecular complexity index is 597. The normalized spacial score (nSPS) is 12.5. The molecule has 0 aliphatic heterocycles. The van der Waals surface area contributed by atoms with Crippen molar-refractivity contribution in [2.45, 2.75) is 19.9 Å². The fraction of sp³-hybridized carbons (Fsp3) is 0.250. The summed E-state index contributed by atoms with van der Waals surface area (Å²) in [6.07, 6.45) is 0. The first kappa shape index (κ1) is 15.1. The Morgan fingerprint density at radius 2 is 1.65 bits per heavy atom. The van der Waals surface area contributed by atoms with Gasteiger partial charge in [0.2, 0.25) is 0 Å². The van der Waals surface area contributed by atoms with E-state index in [4.69, 9.17) is 0 Å². The standard InChI is InChI=1S/C16H16BrF2N/c1-9-7-11(18)8-10(2)14(9)16(20-3)15-12(17)5-4-6-13(15)19/h4-8,16,20H,1-3H3. The first-order valence-corrected chi connectivity index (χ1v) is 7.12. The molecular weight excluding hydrogens is 324 g/mol. The van der Waals surface area contributed by atoms with E-state index in [2.05, 4.69) is 21.2 Å². The summed E-state index contributed by atoms with van der Waals surface area (Å²) in [6, 6.07) is 7.50. The van der Waals surface area contributed by atoms with E-state index in [1.807, 2.05) is 13.8 Å². The Labute approximate surface area is 126 Å². The molecule has 0 bridgehead atoms. The molecule has 2 rings (SSSR count). The van der Waals surface area contributed by atoms with Crippen LogP contribution >= 0.6 is 15.9 Å². The van der Waals surface area contributed by atoms with Gasteiger partial charge in [-0.1, -0.05) is 22.0 Å². The van der Waals surface area contributed by atoms with Crippen LogP contribution in [0.15, 0.2) is 34.8 Å². The van der Waals surface area contributed by atoms with Crippen LogP contribution in [0.4, 0.5) is 8.78 Å². The van der Waals surface area contributed by atoms with E-state index >= 15 is 0 Å². The molecule has 1 unspecified atom stereocenters. The van der Waals surface area contributed by atoms with Crippen molar-refractivity contribution < 1.29 is 8.78 Å². The predicted octanol–water partition coefficient (Wildman–Crippen LogP) is 4.65. The second-order valence-electron chi connectivity index (χ2n) is 4.81. The molecule has 0 aliphatic rings. The van der Waals surface area contributed by atoms with Gasteiger partial charge in [-0.3, -0.25) is 0 Å². The molecule has 1 N–H and O–H groups in total. The maximum atomic E-state index is 14.2. The van der Waals surface area contributed by atoms with Gasteiger partial charge < -0.3 is 5.32 Å². The molecule has 0 heterocycles. The van der Waals surface area contributed by atoms with E-state index in [0.29, 0.717) is 10.0 Å². The van der Waals surface area contributed by atoms with Gasteiger partial charge in [-0.15, -0.1) is 0 Å². The Balaban J connectivity index is 2.65. The molecule has 20 heavy (non-hydrogen) atoms. The molecule has 1 atom stereocenters. The monoisotopic (exact) mass is 339 g/mol. The van der Waals surface area contributed by atoms with Crippen molar-refractivity contribution in [3.63, 3.8) is 0 Å². The third kappa shape index (κ3) is 2.76. The lowest BCUT2D eigenvalue weighted by atomic mass is 9.91. The molecule has 0 aliphatic carbocycles. The number of hydrogen-bond donors (Lipinski definition) is 1. The van der Waals surface area contributed by atoms with Crippen molar-refractivity contribution in [3.8, 4) is 0 Å². The maximum Gasteiger partial charge on any atom is 0.129 e. The predicted molar refractivity (Wildman–Crippen MR) is 80.9 cm³/mol. The molecule has 0 aromatic heterocycles. The zero-order chi connectivity index (χ0) is 14.9. The molecule has 2 aromatic rings. The molecule has 0 saturated carbocycles. The lowest BCUT2D eigenvalue weighted by Crippen LogP contribution is -2.21. The summed E-state index contributed by atoms with van der Waals surface area (Å²) < 4.78 is 28.3. The minimum absolute atomic E-state index is 0.272. The second kappa shape index (κ2) is 6.02. The quantitative estimate of drug-likeness (QED) is 0.857. The van der Waals surface area contributed by atoms with Crippen LogP contribution in [0.5, 0.6) is 0 Å². The number of nitrogens with one attached hydrogen (secondary N) is 1. The summed E-state index contributed by atoms with van der Waals surface area (Å²) >= 11 is 3.40. The first-order valence-electron chi connectivity index (χ1n) is 6.33. The fourth-order valence-electron chi connectivity index (χ4n) is 2.60. The Kier molecular flexibility index (Phi) is 4.55. The van der Waals surface area contributed by atoms with Gasteiger partial charge in [0.1, 0.15) is 11.6 Å². The number of benzene rings is 2. The van der Waals surface area contributed by atoms with Crippen LogP contribution in [-0.4, -0.2) is 7.05 Å². The van der Waals surface area contributed by atoms with Crippen molar-refractivity contribution >= 4 is 15.9 Å². The Morgan fingerprint density at radius 3 is 2.15 bits per heavy atom. The summed E-state index contributed by atoms with van der Waals surface area (Å²) in [7, 11) is 1.77. The van der Waals surface area contributed by atoms with Crippen LogP contribution in [0.2, 0.25) is 0 Å². The highest BCUT2D eigenvalue weighted by atomic mass is 79.9. The summed E-state index contributed by atoms with van der Waals surface area (Å²) in [4.78, 5) is 0. The summed E-state index contributed by atoms with van der Waals surface area (Å²) in [5.74, 6) is -0.562. The zero-order valence-corrected chi connectivity index (χ0v) is 13.2. The SMILES string of the molecule is CNC(c1c(C)cc(F)cc1C)c1c(F)cccc1Br. The smallest absolute Gasteiger partial charge is 0.129 e. The van der Waals surface area contributed by atoms with Crippen LogP contribution in [0.25, 0.3) is 0 Å². The molecule has 0 radical (unpaired) electrons. The van der Waals surface area contributed by atoms with Gasteiger partial charge in [0.15, 0.2) is 0 Å². The molecule has 0 spiro atoms. The van der Waals surface area contributed by atoms with Crippen LogP contribution < -0.4 is 5.32 Å². The summed E-state index contributed by atoms with van der Waals surface area (Å²) in [5, 5.41) is 3.12. The zero-order valence-electron chi connectivity index (χ0n) is 11.6. The Morgan fingerprint density at radius 1 is 1.05 bits per heavy atom. The van der Waals surface area contributed by atoms with Crippen LogP contribution in [0.3, 0.4) is 0 Å². The largest absolute Gasteiger partial charge is 0.309 e. The first-order chi connectivity index (χ1) is 9.45. The molecular formula is C16H16BrF2N. The minimum Gasteiger partial charge on any atom is -0.309 e. The number of rotatable bonds is 3. The molecule has 1 nitrogen and oxygen atoms in total. The third-order valence-corrected chi connectivity index (χ3v) is 4.12. The number of hydrogen-bond acceptors (Lipinski definition) is 1. The van der Waals surface area contributed by atoms with E-state index in [0.717, 1.165) is 16.7 Å². The van der Waals surface area contributed by atoms with Gasteiger partial charge in [-0.25, -0.2) is 8.78 Å². The summed E-state index contributed by atoms with van der Waals surface area (Å²) in [6.45, 7) is 3.68. The lowest BCUT2D eigenvalue weighted by Gasteiger charge is -2.23. The topological polar surface area (TPSA) is 12.0 Å². The highest BCUT2D eigenvalue weighted by molar-refractivity contribution is 9.10. The highest BCUT2D eigenvalue weighted by Gasteiger charge is 2.22. The molecule has 2 aromatic carbocycles. The van der Waals surface area contributed by atoms with Gasteiger partial charge in [-0.2, -0.15) is 0 Å². The molecule has 106 valence electrons. The van der Waals surface area contributed by atoms with Gasteiger partial charge in [-0.05, 0) is 61.9 Å². The number of aryl methyl sites for hydroxylation is 2. The third-order valence-electron chi connectivity index (χ3n) is 3.42. The van der Waals surface area contributed by atoms with E-state index in [9.17, 15) is 8.78 Å². The molecule has 4 heteroatoms. The molecule has 0 amide bonds. The van der Waals surface area contributed by atoms with E-state index < -0.39 is 0 Å². The van der Waals surface area contributed by atoms with Crippen LogP contribution in [0.1, 0.15) is 28.3 Å². The maximum absolute atomic E-state index is 14.2. The van der Waals surface area contributed by atoms with E-state index in [1.165, 1.54) is 18.2 Å². The van der Waals surface area contributed by atoms with E-state index in [1.54, 1.807) is 19.2 Å². The molecule has 0 saturated heterocycles. The van der Waals surface area contributed by atoms with E-state index in [-0.39, 0.29) is 17.7 Å². The van der Waals surface area contributed by atoms with Crippen LogP contribution in [0, 0.1) is 25.5 Å². The van der Waals surface area contributed by atoms with Crippen LogP contribution in [-0.2, 0) is 0 Å². The van der Waals surface area contributed by atoms with Gasteiger partial charge >= 0.3 is 0 Å². The highest BCUT2D eigenvalue weighted by Crippen LogP contribution is 2.34. The molecule has 0 fully saturated rings. The Hall–Kier alpha value is -1.26. The van der Waals surface area contributed by atoms with Crippen molar-refractivity contribution in [2.24, 2.45) is 0 Å². The average Bonchev–Trinajstić information content (AvgIpc) is 2.35. The lowest BCUT2D eigenvalue weighted by molar-refractivity contribution is 0.569. The van der Waals surface area contributed by atoms with Crippen molar-refractivity contribution in [1.82, 2.24) is 5.32 Å². The average molecular weight is 340 g/mol. The summed E-state index contributed by atoms with van der Waals surface area (Å²) in [5.41, 5.74) is 3.04. The van der Waals surface area contributed by atoms with Gasteiger partial charge in [0.25, 0.3) is 0 Å². The van der Waals surface area contributed by atoms with Crippen molar-refractivity contribution in [3.05, 3.63) is 68.7 Å². The minimum atomic E-state index is -0.328. The fourth-order valence-corrected chi connectivity index (χ4v) is 3.17. The van der Waals surface area contributed by atoms with Gasteiger partial charge in [0.05, 0.1) is 6.04 Å². The van der Waals surface area contributed by atoms with Crippen molar-refractivity contribution in [2.75, 3.05) is 7.05 Å². The number of halogens is 3. The van der Waals surface area contributed by atoms with Gasteiger partial charge in [0, 0.05) is 10.0 Å².